The minimum Gasteiger partial charge on any atom is -0.371 e. The SMILES string of the molecule is O=C1CCC(N2C(=O)c3ccc(N4CCC(c5nnc6n5CCNC6)CC4)cc3C2=O)C(=O)N1. The van der Waals surface area contributed by atoms with Gasteiger partial charge < -0.3 is 14.8 Å². The molecule has 2 fully saturated rings. The van der Waals surface area contributed by atoms with E-state index in [1.54, 1.807) is 12.1 Å². The van der Waals surface area contributed by atoms with Crippen LogP contribution in [0.25, 0.3) is 0 Å². The van der Waals surface area contributed by atoms with Crippen molar-refractivity contribution in [2.75, 3.05) is 24.5 Å². The van der Waals surface area contributed by atoms with Gasteiger partial charge in [-0.05, 0) is 37.5 Å². The average molecular weight is 463 g/mol. The number of carbonyl (C=O) groups is 4. The van der Waals surface area contributed by atoms with Crippen LogP contribution in [0, 0.1) is 0 Å². The molecule has 1 unspecified atom stereocenters. The van der Waals surface area contributed by atoms with Crippen molar-refractivity contribution in [1.82, 2.24) is 30.3 Å². The Labute approximate surface area is 195 Å². The number of rotatable bonds is 3. The zero-order valence-corrected chi connectivity index (χ0v) is 18.6. The molecule has 1 aromatic heterocycles. The van der Waals surface area contributed by atoms with Crippen LogP contribution in [0.4, 0.5) is 5.69 Å². The van der Waals surface area contributed by atoms with Gasteiger partial charge in [0.1, 0.15) is 17.7 Å². The van der Waals surface area contributed by atoms with Crippen LogP contribution in [-0.2, 0) is 22.7 Å². The predicted molar refractivity (Wildman–Crippen MR) is 119 cm³/mol. The summed E-state index contributed by atoms with van der Waals surface area (Å²) in [5, 5.41) is 14.3. The molecule has 0 aliphatic carbocycles. The van der Waals surface area contributed by atoms with E-state index in [1.807, 2.05) is 6.07 Å². The second kappa shape index (κ2) is 8.01. The van der Waals surface area contributed by atoms with Crippen molar-refractivity contribution >= 4 is 29.3 Å². The zero-order valence-electron chi connectivity index (χ0n) is 18.6. The normalized spacial score (nSPS) is 23.2. The van der Waals surface area contributed by atoms with E-state index in [9.17, 15) is 19.2 Å². The Morgan fingerprint density at radius 3 is 2.50 bits per heavy atom. The van der Waals surface area contributed by atoms with Crippen molar-refractivity contribution in [3.63, 3.8) is 0 Å². The van der Waals surface area contributed by atoms with E-state index in [1.165, 1.54) is 0 Å². The number of piperidine rings is 2. The first-order valence-corrected chi connectivity index (χ1v) is 11.7. The Hall–Kier alpha value is -3.60. The largest absolute Gasteiger partial charge is 0.371 e. The van der Waals surface area contributed by atoms with Gasteiger partial charge in [0.2, 0.25) is 11.8 Å². The Morgan fingerprint density at radius 1 is 0.912 bits per heavy atom. The first-order valence-electron chi connectivity index (χ1n) is 11.7. The summed E-state index contributed by atoms with van der Waals surface area (Å²) in [4.78, 5) is 53.0. The molecule has 2 aromatic rings. The summed E-state index contributed by atoms with van der Waals surface area (Å²) in [7, 11) is 0. The minimum atomic E-state index is -0.950. The number of carbonyl (C=O) groups excluding carboxylic acids is 4. The fourth-order valence-corrected chi connectivity index (χ4v) is 5.47. The maximum Gasteiger partial charge on any atom is 0.262 e. The second-order valence-electron chi connectivity index (χ2n) is 9.24. The number of nitrogens with zero attached hydrogens (tertiary/aromatic N) is 5. The Balaban J connectivity index is 1.18. The smallest absolute Gasteiger partial charge is 0.262 e. The van der Waals surface area contributed by atoms with Crippen molar-refractivity contribution in [1.29, 1.82) is 0 Å². The van der Waals surface area contributed by atoms with Gasteiger partial charge >= 0.3 is 0 Å². The summed E-state index contributed by atoms with van der Waals surface area (Å²) in [5.74, 6) is 0.458. The second-order valence-corrected chi connectivity index (χ2v) is 9.24. The Morgan fingerprint density at radius 2 is 1.71 bits per heavy atom. The standard InChI is InChI=1S/C23H25N7O4/c31-19-4-3-17(21(32)25-19)30-22(33)15-2-1-14(11-16(15)23(30)34)28-8-5-13(6-9-28)20-27-26-18-12-24-7-10-29(18)20/h1-2,11,13,17,24H,3-10,12H2,(H,25,31,32). The summed E-state index contributed by atoms with van der Waals surface area (Å²) in [6.45, 7) is 4.19. The molecule has 176 valence electrons. The van der Waals surface area contributed by atoms with Crippen molar-refractivity contribution in [2.24, 2.45) is 0 Å². The van der Waals surface area contributed by atoms with E-state index < -0.39 is 23.8 Å². The van der Waals surface area contributed by atoms with Gasteiger partial charge in [0, 0.05) is 44.2 Å². The van der Waals surface area contributed by atoms with Gasteiger partial charge in [-0.2, -0.15) is 0 Å². The number of nitrogens with one attached hydrogen (secondary N) is 2. The number of imide groups is 2. The molecule has 2 N–H and O–H groups in total. The molecular weight excluding hydrogens is 438 g/mol. The van der Waals surface area contributed by atoms with Crippen molar-refractivity contribution in [2.45, 2.75) is 50.7 Å². The lowest BCUT2D eigenvalue weighted by atomic mass is 9.95. The van der Waals surface area contributed by atoms with Crippen LogP contribution in [0.15, 0.2) is 18.2 Å². The van der Waals surface area contributed by atoms with Gasteiger partial charge in [-0.3, -0.25) is 29.4 Å². The summed E-state index contributed by atoms with van der Waals surface area (Å²) in [6, 6.07) is 4.34. The Bertz CT molecular complexity index is 1210. The van der Waals surface area contributed by atoms with Gasteiger partial charge in [0.25, 0.3) is 11.8 Å². The lowest BCUT2D eigenvalue weighted by Gasteiger charge is -2.33. The van der Waals surface area contributed by atoms with Crippen LogP contribution in [0.3, 0.4) is 0 Å². The monoisotopic (exact) mass is 463 g/mol. The molecule has 0 saturated carbocycles. The quantitative estimate of drug-likeness (QED) is 0.616. The van der Waals surface area contributed by atoms with Crippen molar-refractivity contribution < 1.29 is 19.2 Å². The summed E-state index contributed by atoms with van der Waals surface area (Å²) < 4.78 is 2.24. The minimum absolute atomic E-state index is 0.107. The molecule has 2 saturated heterocycles. The van der Waals surface area contributed by atoms with E-state index in [0.29, 0.717) is 17.0 Å². The molecule has 1 aromatic carbocycles. The van der Waals surface area contributed by atoms with Crippen molar-refractivity contribution in [3.8, 4) is 0 Å². The zero-order chi connectivity index (χ0) is 23.4. The first-order chi connectivity index (χ1) is 16.5. The van der Waals surface area contributed by atoms with Crippen LogP contribution in [0.5, 0.6) is 0 Å². The maximum absolute atomic E-state index is 13.1. The third-order valence-electron chi connectivity index (χ3n) is 7.30. The number of hydrogen-bond donors (Lipinski definition) is 2. The first kappa shape index (κ1) is 21.0. The molecule has 1 atom stereocenters. The number of hydrogen-bond acceptors (Lipinski definition) is 8. The van der Waals surface area contributed by atoms with Gasteiger partial charge in [-0.25, -0.2) is 0 Å². The number of benzene rings is 1. The third kappa shape index (κ3) is 3.30. The van der Waals surface area contributed by atoms with Crippen LogP contribution in [0.1, 0.15) is 64.0 Å². The molecular formula is C23H25N7O4. The van der Waals surface area contributed by atoms with E-state index in [0.717, 1.165) is 67.8 Å². The molecule has 0 spiro atoms. The Kier molecular flexibility index (Phi) is 4.94. The summed E-state index contributed by atoms with van der Waals surface area (Å²) >= 11 is 0. The highest BCUT2D eigenvalue weighted by Crippen LogP contribution is 2.34. The molecule has 5 heterocycles. The molecule has 6 rings (SSSR count). The van der Waals surface area contributed by atoms with Crippen LogP contribution in [-0.4, -0.2) is 69.0 Å². The molecule has 0 radical (unpaired) electrons. The van der Waals surface area contributed by atoms with Gasteiger partial charge in [-0.1, -0.05) is 0 Å². The molecule has 11 nitrogen and oxygen atoms in total. The fraction of sp³-hybridized carbons (Fsp3) is 0.478. The number of amides is 4. The summed E-state index contributed by atoms with van der Waals surface area (Å²) in [6.07, 6.45) is 2.12. The number of anilines is 1. The highest BCUT2D eigenvalue weighted by atomic mass is 16.2. The molecule has 34 heavy (non-hydrogen) atoms. The lowest BCUT2D eigenvalue weighted by Crippen LogP contribution is -2.54. The molecule has 11 heteroatoms. The molecule has 4 aliphatic heterocycles. The van der Waals surface area contributed by atoms with Crippen LogP contribution < -0.4 is 15.5 Å². The maximum atomic E-state index is 13.1. The molecule has 0 bridgehead atoms. The van der Waals surface area contributed by atoms with E-state index in [4.69, 9.17) is 0 Å². The average Bonchev–Trinajstić information content (AvgIpc) is 3.39. The van der Waals surface area contributed by atoms with E-state index in [2.05, 4.69) is 30.3 Å². The van der Waals surface area contributed by atoms with Gasteiger partial charge in [0.15, 0.2) is 0 Å². The van der Waals surface area contributed by atoms with Gasteiger partial charge in [-0.15, -0.1) is 10.2 Å². The molecule has 4 amide bonds. The number of aromatic nitrogens is 3. The highest BCUT2D eigenvalue weighted by Gasteiger charge is 2.44. The van der Waals surface area contributed by atoms with Gasteiger partial charge in [0.05, 0.1) is 17.7 Å². The highest BCUT2D eigenvalue weighted by molar-refractivity contribution is 6.23. The molecule has 4 aliphatic rings. The lowest BCUT2D eigenvalue weighted by molar-refractivity contribution is -0.136. The fourth-order valence-electron chi connectivity index (χ4n) is 5.47. The number of fused-ring (bicyclic) bond motifs is 2. The third-order valence-corrected chi connectivity index (χ3v) is 7.30. The summed E-state index contributed by atoms with van der Waals surface area (Å²) in [5.41, 5.74) is 1.50. The van der Waals surface area contributed by atoms with Crippen LogP contribution >= 0.6 is 0 Å². The van der Waals surface area contributed by atoms with Crippen LogP contribution in [0.2, 0.25) is 0 Å². The topological polar surface area (TPSA) is 130 Å². The van der Waals surface area contributed by atoms with Crippen molar-refractivity contribution in [3.05, 3.63) is 41.0 Å². The van der Waals surface area contributed by atoms with E-state index in [-0.39, 0.29) is 18.7 Å². The van der Waals surface area contributed by atoms with E-state index >= 15 is 0 Å². The predicted octanol–water partition coefficient (Wildman–Crippen LogP) is 0.167.